The molecule has 0 bridgehead atoms. The normalized spacial score (nSPS) is 11.9. The fourth-order valence-corrected chi connectivity index (χ4v) is 1.05. The molecular formula is C12H16N2O. The Hall–Kier alpha value is -1.51. The Kier molecular flexibility index (Phi) is 3.72. The van der Waals surface area contributed by atoms with Crippen molar-refractivity contribution < 1.29 is 4.79 Å². The molecule has 3 heteroatoms. The molecule has 0 atom stereocenters. The van der Waals surface area contributed by atoms with Crippen molar-refractivity contribution in [1.82, 2.24) is 4.98 Å². The van der Waals surface area contributed by atoms with Crippen LogP contribution in [-0.2, 0) is 0 Å². The van der Waals surface area contributed by atoms with Crippen molar-refractivity contribution in [2.45, 2.75) is 32.7 Å². The predicted octanol–water partition coefficient (Wildman–Crippen LogP) is 2.52. The molecule has 0 amide bonds. The molecule has 0 spiro atoms. The van der Waals surface area contributed by atoms with Crippen LogP contribution >= 0.6 is 0 Å². The van der Waals surface area contributed by atoms with E-state index in [1.165, 1.54) is 0 Å². The standard InChI is InChI=1S/C12H16N2O/c1-12(2,3)14-8-6-11(15)10-5-4-7-13-9-10/h4-5,7-9H,6H2,1-3H3. The van der Waals surface area contributed by atoms with E-state index < -0.39 is 0 Å². The molecule has 1 aromatic rings. The van der Waals surface area contributed by atoms with Crippen molar-refractivity contribution in [3.8, 4) is 0 Å². The number of aromatic nitrogens is 1. The highest BCUT2D eigenvalue weighted by Gasteiger charge is 2.06. The number of aliphatic imine (C=N–C) groups is 1. The minimum absolute atomic E-state index is 0.0519. The zero-order valence-corrected chi connectivity index (χ0v) is 9.40. The van der Waals surface area contributed by atoms with Crippen LogP contribution in [0.15, 0.2) is 29.5 Å². The Morgan fingerprint density at radius 1 is 1.53 bits per heavy atom. The van der Waals surface area contributed by atoms with Crippen LogP contribution < -0.4 is 0 Å². The summed E-state index contributed by atoms with van der Waals surface area (Å²) in [7, 11) is 0. The summed E-state index contributed by atoms with van der Waals surface area (Å²) in [6, 6.07) is 3.52. The maximum atomic E-state index is 11.6. The lowest BCUT2D eigenvalue weighted by molar-refractivity contribution is 0.100. The first-order chi connectivity index (χ1) is 6.99. The lowest BCUT2D eigenvalue weighted by Crippen LogP contribution is -2.10. The molecule has 1 heterocycles. The summed E-state index contributed by atoms with van der Waals surface area (Å²) in [6.45, 7) is 5.99. The third-order valence-corrected chi connectivity index (χ3v) is 1.74. The number of pyridine rings is 1. The van der Waals surface area contributed by atoms with E-state index in [1.54, 1.807) is 30.7 Å². The Morgan fingerprint density at radius 3 is 2.80 bits per heavy atom. The first-order valence-corrected chi connectivity index (χ1v) is 4.96. The number of rotatable bonds is 3. The zero-order chi connectivity index (χ0) is 11.3. The number of hydrogen-bond donors (Lipinski definition) is 0. The smallest absolute Gasteiger partial charge is 0.169 e. The molecule has 0 radical (unpaired) electrons. The molecule has 1 rings (SSSR count). The van der Waals surface area contributed by atoms with Crippen LogP contribution in [0.4, 0.5) is 0 Å². The van der Waals surface area contributed by atoms with Gasteiger partial charge >= 0.3 is 0 Å². The van der Waals surface area contributed by atoms with Gasteiger partial charge in [-0.15, -0.1) is 0 Å². The SMILES string of the molecule is CC(C)(C)N=CCC(=O)c1cccnc1. The number of nitrogens with zero attached hydrogens (tertiary/aromatic N) is 2. The summed E-state index contributed by atoms with van der Waals surface area (Å²) in [5.74, 6) is 0.0519. The van der Waals surface area contributed by atoms with Gasteiger partial charge in [-0.1, -0.05) is 0 Å². The largest absolute Gasteiger partial charge is 0.294 e. The second-order valence-corrected chi connectivity index (χ2v) is 4.35. The third kappa shape index (κ3) is 4.49. The Labute approximate surface area is 90.3 Å². The summed E-state index contributed by atoms with van der Waals surface area (Å²) in [4.78, 5) is 19.8. The van der Waals surface area contributed by atoms with Gasteiger partial charge in [-0.25, -0.2) is 0 Å². The van der Waals surface area contributed by atoms with Crippen molar-refractivity contribution in [2.75, 3.05) is 0 Å². The van der Waals surface area contributed by atoms with Gasteiger partial charge in [0.2, 0.25) is 0 Å². The van der Waals surface area contributed by atoms with Crippen LogP contribution in [0.5, 0.6) is 0 Å². The maximum absolute atomic E-state index is 11.6. The van der Waals surface area contributed by atoms with Crippen molar-refractivity contribution in [3.05, 3.63) is 30.1 Å². The van der Waals surface area contributed by atoms with E-state index in [1.807, 2.05) is 20.8 Å². The third-order valence-electron chi connectivity index (χ3n) is 1.74. The van der Waals surface area contributed by atoms with E-state index in [0.29, 0.717) is 12.0 Å². The number of hydrogen-bond acceptors (Lipinski definition) is 3. The van der Waals surface area contributed by atoms with E-state index in [4.69, 9.17) is 0 Å². The average Bonchev–Trinajstić information content (AvgIpc) is 2.17. The highest BCUT2D eigenvalue weighted by Crippen LogP contribution is 2.06. The second kappa shape index (κ2) is 4.82. The molecule has 0 aliphatic carbocycles. The van der Waals surface area contributed by atoms with Gasteiger partial charge in [0.15, 0.2) is 5.78 Å². The van der Waals surface area contributed by atoms with Gasteiger partial charge in [-0.3, -0.25) is 14.8 Å². The van der Waals surface area contributed by atoms with E-state index in [9.17, 15) is 4.79 Å². The lowest BCUT2D eigenvalue weighted by atomic mass is 10.1. The highest BCUT2D eigenvalue weighted by atomic mass is 16.1. The van der Waals surface area contributed by atoms with E-state index in [0.717, 1.165) is 0 Å². The maximum Gasteiger partial charge on any atom is 0.169 e. The van der Waals surface area contributed by atoms with Crippen molar-refractivity contribution in [3.63, 3.8) is 0 Å². The monoisotopic (exact) mass is 204 g/mol. The van der Waals surface area contributed by atoms with Gasteiger partial charge in [-0.05, 0) is 32.9 Å². The molecule has 15 heavy (non-hydrogen) atoms. The number of Topliss-reactive ketones (excluding diaryl/α,β-unsaturated/α-hetero) is 1. The summed E-state index contributed by atoms with van der Waals surface area (Å²) >= 11 is 0. The molecule has 0 aromatic carbocycles. The van der Waals surface area contributed by atoms with Crippen LogP contribution in [-0.4, -0.2) is 22.5 Å². The minimum atomic E-state index is -0.116. The minimum Gasteiger partial charge on any atom is -0.294 e. The topological polar surface area (TPSA) is 42.3 Å². The van der Waals surface area contributed by atoms with E-state index >= 15 is 0 Å². The van der Waals surface area contributed by atoms with Gasteiger partial charge < -0.3 is 0 Å². The second-order valence-electron chi connectivity index (χ2n) is 4.35. The molecular weight excluding hydrogens is 188 g/mol. The van der Waals surface area contributed by atoms with Crippen molar-refractivity contribution in [2.24, 2.45) is 4.99 Å². The molecule has 0 saturated heterocycles. The fourth-order valence-electron chi connectivity index (χ4n) is 1.05. The van der Waals surface area contributed by atoms with Crippen LogP contribution in [0.3, 0.4) is 0 Å². The Balaban J connectivity index is 2.55. The summed E-state index contributed by atoms with van der Waals surface area (Å²) in [6.07, 6.45) is 5.24. The molecule has 80 valence electrons. The molecule has 0 unspecified atom stereocenters. The van der Waals surface area contributed by atoms with Crippen molar-refractivity contribution in [1.29, 1.82) is 0 Å². The van der Waals surface area contributed by atoms with Crippen LogP contribution in [0, 0.1) is 0 Å². The zero-order valence-electron chi connectivity index (χ0n) is 9.40. The fraction of sp³-hybridized carbons (Fsp3) is 0.417. The molecule has 0 saturated carbocycles. The van der Waals surface area contributed by atoms with E-state index in [2.05, 4.69) is 9.98 Å². The van der Waals surface area contributed by atoms with E-state index in [-0.39, 0.29) is 11.3 Å². The molecule has 0 aliphatic rings. The van der Waals surface area contributed by atoms with Gasteiger partial charge in [0.05, 0.1) is 5.54 Å². The average molecular weight is 204 g/mol. The first kappa shape index (κ1) is 11.6. The van der Waals surface area contributed by atoms with Crippen LogP contribution in [0.2, 0.25) is 0 Å². The van der Waals surface area contributed by atoms with Gasteiger partial charge in [0.25, 0.3) is 0 Å². The summed E-state index contributed by atoms with van der Waals surface area (Å²) < 4.78 is 0. The summed E-state index contributed by atoms with van der Waals surface area (Å²) in [5.41, 5.74) is 0.521. The molecule has 1 aromatic heterocycles. The predicted molar refractivity (Wildman–Crippen MR) is 61.4 cm³/mol. The van der Waals surface area contributed by atoms with Gasteiger partial charge in [0, 0.05) is 30.6 Å². The Morgan fingerprint density at radius 2 is 2.27 bits per heavy atom. The molecule has 3 nitrogen and oxygen atoms in total. The van der Waals surface area contributed by atoms with Crippen LogP contribution in [0.25, 0.3) is 0 Å². The van der Waals surface area contributed by atoms with Crippen LogP contribution in [0.1, 0.15) is 37.6 Å². The number of carbonyl (C=O) groups excluding carboxylic acids is 1. The highest BCUT2D eigenvalue weighted by molar-refractivity contribution is 6.03. The number of ketones is 1. The molecule has 0 N–H and O–H groups in total. The number of carbonyl (C=O) groups is 1. The first-order valence-electron chi connectivity index (χ1n) is 4.96. The van der Waals surface area contributed by atoms with Gasteiger partial charge in [-0.2, -0.15) is 0 Å². The van der Waals surface area contributed by atoms with Gasteiger partial charge in [0.1, 0.15) is 0 Å². The quantitative estimate of drug-likeness (QED) is 0.561. The Bertz CT molecular complexity index is 350. The van der Waals surface area contributed by atoms with Crippen molar-refractivity contribution >= 4 is 12.0 Å². The molecule has 0 aliphatic heterocycles. The lowest BCUT2D eigenvalue weighted by Gasteiger charge is -2.10. The molecule has 0 fully saturated rings. The summed E-state index contributed by atoms with van der Waals surface area (Å²) in [5, 5.41) is 0.